The number of rotatable bonds is 3. The van der Waals surface area contributed by atoms with Crippen molar-refractivity contribution in [2.24, 2.45) is 5.92 Å². The van der Waals surface area contributed by atoms with Crippen LogP contribution in [-0.2, 0) is 0 Å². The Kier molecular flexibility index (Phi) is 4.89. The highest BCUT2D eigenvalue weighted by molar-refractivity contribution is 6.01. The van der Waals surface area contributed by atoms with Gasteiger partial charge in [0, 0.05) is 23.6 Å². The summed E-state index contributed by atoms with van der Waals surface area (Å²) in [5.41, 5.74) is 3.41. The lowest BCUT2D eigenvalue weighted by atomic mass is 9.76. The van der Waals surface area contributed by atoms with Crippen LogP contribution in [0, 0.1) is 5.92 Å². The first-order valence-electron chi connectivity index (χ1n) is 11.0. The third-order valence-electron chi connectivity index (χ3n) is 6.93. The zero-order valence-corrected chi connectivity index (χ0v) is 17.0. The van der Waals surface area contributed by atoms with E-state index in [0.717, 1.165) is 36.1 Å². The predicted octanol–water partition coefficient (Wildman–Crippen LogP) is 4.99. The quantitative estimate of drug-likeness (QED) is 0.544. The highest BCUT2D eigenvalue weighted by Gasteiger charge is 2.40. The summed E-state index contributed by atoms with van der Waals surface area (Å²) in [7, 11) is 0. The van der Waals surface area contributed by atoms with Crippen LogP contribution < -0.4 is 10.6 Å². The van der Waals surface area contributed by atoms with Gasteiger partial charge in [0.2, 0.25) is 0 Å². The number of fused-ring (bicyclic) bond motifs is 3. The zero-order chi connectivity index (χ0) is 20.7. The van der Waals surface area contributed by atoms with E-state index in [1.807, 2.05) is 12.1 Å². The van der Waals surface area contributed by atoms with Crippen LogP contribution in [-0.4, -0.2) is 22.2 Å². The molecule has 2 aromatic carbocycles. The maximum absolute atomic E-state index is 13.2. The van der Waals surface area contributed by atoms with Gasteiger partial charge in [-0.2, -0.15) is 0 Å². The van der Waals surface area contributed by atoms with Crippen molar-refractivity contribution in [1.29, 1.82) is 0 Å². The van der Waals surface area contributed by atoms with Crippen molar-refractivity contribution in [3.8, 4) is 11.5 Å². The van der Waals surface area contributed by atoms with Crippen LogP contribution in [0.25, 0.3) is 0 Å². The molecule has 5 nitrogen and oxygen atoms in total. The number of amides is 1. The molecule has 1 amide bonds. The smallest absolute Gasteiger partial charge is 0.253 e. The van der Waals surface area contributed by atoms with E-state index in [4.69, 9.17) is 0 Å². The highest BCUT2D eigenvalue weighted by atomic mass is 16.3. The van der Waals surface area contributed by atoms with E-state index in [0.29, 0.717) is 5.56 Å². The van der Waals surface area contributed by atoms with Crippen molar-refractivity contribution in [2.75, 3.05) is 5.32 Å². The second-order valence-corrected chi connectivity index (χ2v) is 8.80. The summed E-state index contributed by atoms with van der Waals surface area (Å²) in [6.07, 6.45) is 11.0. The minimum absolute atomic E-state index is 0.0274. The fraction of sp³-hybridized carbons (Fsp3) is 0.400. The largest absolute Gasteiger partial charge is 0.508 e. The lowest BCUT2D eigenvalue weighted by Gasteiger charge is -2.38. The molecule has 0 aromatic heterocycles. The molecule has 5 heteroatoms. The van der Waals surface area contributed by atoms with Gasteiger partial charge in [0.1, 0.15) is 11.5 Å². The van der Waals surface area contributed by atoms with Crippen molar-refractivity contribution in [3.05, 3.63) is 65.2 Å². The molecule has 1 heterocycles. The molecule has 1 aliphatic heterocycles. The van der Waals surface area contributed by atoms with Crippen molar-refractivity contribution in [3.63, 3.8) is 0 Å². The number of aromatic hydroxyl groups is 2. The van der Waals surface area contributed by atoms with Crippen molar-refractivity contribution < 1.29 is 15.0 Å². The zero-order valence-electron chi connectivity index (χ0n) is 17.0. The summed E-state index contributed by atoms with van der Waals surface area (Å²) in [5, 5.41) is 27.0. The molecule has 3 unspecified atom stereocenters. The number of phenols is 2. The molecule has 0 bridgehead atoms. The molecular formula is C25H28N2O3. The van der Waals surface area contributed by atoms with Gasteiger partial charge >= 0.3 is 0 Å². The number of nitrogens with one attached hydrogen (secondary N) is 2. The van der Waals surface area contributed by atoms with E-state index in [2.05, 4.69) is 28.9 Å². The summed E-state index contributed by atoms with van der Waals surface area (Å²) in [4.78, 5) is 13.2. The number of allylic oxidation sites excluding steroid dienone is 2. The Morgan fingerprint density at radius 1 is 1.03 bits per heavy atom. The molecule has 0 radical (unpaired) electrons. The first-order valence-corrected chi connectivity index (χ1v) is 11.0. The van der Waals surface area contributed by atoms with Gasteiger partial charge in [-0.05, 0) is 48.9 Å². The van der Waals surface area contributed by atoms with Crippen LogP contribution in [0.5, 0.6) is 11.5 Å². The maximum Gasteiger partial charge on any atom is 0.253 e. The molecule has 156 valence electrons. The van der Waals surface area contributed by atoms with E-state index in [9.17, 15) is 15.0 Å². The van der Waals surface area contributed by atoms with Gasteiger partial charge in [0.05, 0.1) is 17.3 Å². The number of hydrogen-bond acceptors (Lipinski definition) is 4. The Balaban J connectivity index is 1.50. The van der Waals surface area contributed by atoms with Crippen LogP contribution in [0.2, 0.25) is 0 Å². The third kappa shape index (κ3) is 3.32. The monoisotopic (exact) mass is 404 g/mol. The van der Waals surface area contributed by atoms with Crippen molar-refractivity contribution in [1.82, 2.24) is 5.32 Å². The number of carbonyl (C=O) groups is 1. The Labute approximate surface area is 176 Å². The summed E-state index contributed by atoms with van der Waals surface area (Å²) in [6.45, 7) is 0. The standard InChI is InChI=1S/C25H28N2O3/c28-16-12-13-20(22(29)14-16)23-18-9-4-8-17(18)19-10-5-11-21(24(19)27-23)25(30)26-15-6-2-1-3-7-15/h4-5,8,10-15,17-18,23,27-29H,1-3,6-7,9H2,(H,26,30). The lowest BCUT2D eigenvalue weighted by molar-refractivity contribution is 0.0928. The van der Waals surface area contributed by atoms with Gasteiger partial charge < -0.3 is 20.8 Å². The molecule has 2 aromatic rings. The molecule has 1 fully saturated rings. The van der Waals surface area contributed by atoms with Crippen LogP contribution >= 0.6 is 0 Å². The average molecular weight is 405 g/mol. The maximum atomic E-state index is 13.2. The van der Waals surface area contributed by atoms with Gasteiger partial charge in [-0.25, -0.2) is 0 Å². The topological polar surface area (TPSA) is 81.6 Å². The minimum Gasteiger partial charge on any atom is -0.508 e. The summed E-state index contributed by atoms with van der Waals surface area (Å²) in [6, 6.07) is 10.8. The van der Waals surface area contributed by atoms with Crippen molar-refractivity contribution >= 4 is 11.6 Å². The van der Waals surface area contributed by atoms with E-state index in [1.54, 1.807) is 12.1 Å². The Morgan fingerprint density at radius 2 is 1.87 bits per heavy atom. The Hall–Kier alpha value is -2.95. The van der Waals surface area contributed by atoms with E-state index < -0.39 is 0 Å². The van der Waals surface area contributed by atoms with Crippen LogP contribution in [0.4, 0.5) is 5.69 Å². The van der Waals surface area contributed by atoms with Gasteiger partial charge in [-0.15, -0.1) is 0 Å². The van der Waals surface area contributed by atoms with Crippen LogP contribution in [0.15, 0.2) is 48.6 Å². The SMILES string of the molecule is O=C(NC1CCCCC1)c1cccc2c1NC(c1ccc(O)cc1O)C1CC=CC21. The molecule has 0 saturated heterocycles. The summed E-state index contributed by atoms with van der Waals surface area (Å²) < 4.78 is 0. The molecule has 3 atom stereocenters. The normalized spacial score (nSPS) is 25.3. The number of hydrogen-bond donors (Lipinski definition) is 4. The molecule has 4 N–H and O–H groups in total. The van der Waals surface area contributed by atoms with Gasteiger partial charge in [0.15, 0.2) is 0 Å². The second-order valence-electron chi connectivity index (χ2n) is 8.80. The molecule has 0 spiro atoms. The fourth-order valence-corrected chi connectivity index (χ4v) is 5.42. The van der Waals surface area contributed by atoms with Crippen LogP contribution in [0.3, 0.4) is 0 Å². The van der Waals surface area contributed by atoms with E-state index >= 15 is 0 Å². The number of phenolic OH excluding ortho intramolecular Hbond substituents is 2. The molecular weight excluding hydrogens is 376 g/mol. The molecule has 1 saturated carbocycles. The Bertz CT molecular complexity index is 994. The van der Waals surface area contributed by atoms with E-state index in [-0.39, 0.29) is 41.3 Å². The van der Waals surface area contributed by atoms with E-state index in [1.165, 1.54) is 25.3 Å². The first kappa shape index (κ1) is 19.0. The summed E-state index contributed by atoms with van der Waals surface area (Å²) >= 11 is 0. The highest BCUT2D eigenvalue weighted by Crippen LogP contribution is 2.52. The third-order valence-corrected chi connectivity index (χ3v) is 6.93. The second kappa shape index (κ2) is 7.71. The molecule has 3 aliphatic rings. The number of anilines is 1. The average Bonchev–Trinajstić information content (AvgIpc) is 3.24. The number of benzene rings is 2. The predicted molar refractivity (Wildman–Crippen MR) is 117 cm³/mol. The number of para-hydroxylation sites is 1. The van der Waals surface area contributed by atoms with Gasteiger partial charge in [0.25, 0.3) is 5.91 Å². The summed E-state index contributed by atoms with van der Waals surface area (Å²) in [5.74, 6) is 0.540. The lowest BCUT2D eigenvalue weighted by Crippen LogP contribution is -2.37. The minimum atomic E-state index is -0.137. The van der Waals surface area contributed by atoms with Gasteiger partial charge in [-0.3, -0.25) is 4.79 Å². The van der Waals surface area contributed by atoms with Crippen LogP contribution in [0.1, 0.15) is 72.0 Å². The number of carbonyl (C=O) groups excluding carboxylic acids is 1. The molecule has 30 heavy (non-hydrogen) atoms. The first-order chi connectivity index (χ1) is 14.6. The fourth-order valence-electron chi connectivity index (χ4n) is 5.42. The van der Waals surface area contributed by atoms with Gasteiger partial charge in [-0.1, -0.05) is 43.5 Å². The van der Waals surface area contributed by atoms with Crippen molar-refractivity contribution in [2.45, 2.75) is 56.5 Å². The molecule has 2 aliphatic carbocycles. The Morgan fingerprint density at radius 3 is 2.67 bits per heavy atom. The molecule has 5 rings (SSSR count).